The van der Waals surface area contributed by atoms with Crippen LogP contribution >= 0.6 is 0 Å². The first kappa shape index (κ1) is 12.9. The molecule has 0 spiro atoms. The summed E-state index contributed by atoms with van der Waals surface area (Å²) < 4.78 is 13.2. The molecule has 0 saturated carbocycles. The van der Waals surface area contributed by atoms with E-state index >= 15 is 0 Å². The Bertz CT molecular complexity index is 625. The maximum atomic E-state index is 13.2. The Kier molecular flexibility index (Phi) is 3.30. The zero-order chi connectivity index (χ0) is 14.1. The number of aromatic nitrogens is 1. The summed E-state index contributed by atoms with van der Waals surface area (Å²) in [4.78, 5) is 6.25. The molecular weight excluding hydrogens is 253 g/mol. The van der Waals surface area contributed by atoms with Crippen LogP contribution in [0.2, 0.25) is 0 Å². The Morgan fingerprint density at radius 2 is 2.15 bits per heavy atom. The number of nitrogens with one attached hydrogen (secondary N) is 1. The van der Waals surface area contributed by atoms with Gasteiger partial charge in [-0.15, -0.1) is 0 Å². The third-order valence-corrected chi connectivity index (χ3v) is 3.79. The van der Waals surface area contributed by atoms with E-state index in [1.54, 1.807) is 12.3 Å². The van der Waals surface area contributed by atoms with Crippen LogP contribution in [-0.4, -0.2) is 19.1 Å². The first-order valence-electron chi connectivity index (χ1n) is 6.81. The smallest absolute Gasteiger partial charge is 0.123 e. The van der Waals surface area contributed by atoms with Crippen molar-refractivity contribution in [1.29, 1.82) is 0 Å². The summed E-state index contributed by atoms with van der Waals surface area (Å²) >= 11 is 0. The van der Waals surface area contributed by atoms with Gasteiger partial charge in [0.05, 0.1) is 23.6 Å². The number of nitrogens with zero attached hydrogens (tertiary/aromatic N) is 2. The minimum absolute atomic E-state index is 0.153. The largest absolute Gasteiger partial charge is 0.376 e. The Labute approximate surface area is 118 Å². The highest BCUT2D eigenvalue weighted by Crippen LogP contribution is 2.36. The van der Waals surface area contributed by atoms with Crippen molar-refractivity contribution in [3.63, 3.8) is 0 Å². The van der Waals surface area contributed by atoms with E-state index in [0.717, 1.165) is 29.8 Å². The maximum Gasteiger partial charge on any atom is 0.123 e. The number of pyridine rings is 1. The van der Waals surface area contributed by atoms with Gasteiger partial charge in [0, 0.05) is 20.3 Å². The Hall–Kier alpha value is -2.10. The average Bonchev–Trinajstić information content (AvgIpc) is 2.81. The van der Waals surface area contributed by atoms with Gasteiger partial charge in [-0.3, -0.25) is 4.98 Å². The summed E-state index contributed by atoms with van der Waals surface area (Å²) in [5.74, 6) is -0.153. The highest BCUT2D eigenvalue weighted by molar-refractivity contribution is 5.69. The van der Waals surface area contributed by atoms with E-state index in [4.69, 9.17) is 0 Å². The van der Waals surface area contributed by atoms with Gasteiger partial charge in [-0.2, -0.15) is 0 Å². The Balaban J connectivity index is 1.88. The molecule has 1 aromatic heterocycles. The van der Waals surface area contributed by atoms with Crippen LogP contribution in [0.3, 0.4) is 0 Å². The molecule has 3 rings (SSSR count). The van der Waals surface area contributed by atoms with Gasteiger partial charge in [-0.05, 0) is 42.2 Å². The molecule has 0 saturated heterocycles. The number of benzene rings is 1. The lowest BCUT2D eigenvalue weighted by atomic mass is 10.1. The van der Waals surface area contributed by atoms with Gasteiger partial charge in [0.2, 0.25) is 0 Å². The molecule has 1 unspecified atom stereocenters. The molecule has 1 aromatic carbocycles. The SMILES string of the molecule is CN(C)c1ccncc1NC1CCc2cc(F)ccc21. The molecule has 1 heterocycles. The molecule has 1 N–H and O–H groups in total. The fourth-order valence-electron chi connectivity index (χ4n) is 2.81. The zero-order valence-corrected chi connectivity index (χ0v) is 11.7. The van der Waals surface area contributed by atoms with Crippen LogP contribution in [0.4, 0.5) is 15.8 Å². The monoisotopic (exact) mass is 271 g/mol. The van der Waals surface area contributed by atoms with Gasteiger partial charge in [-0.1, -0.05) is 6.07 Å². The van der Waals surface area contributed by atoms with Crippen molar-refractivity contribution in [3.8, 4) is 0 Å². The molecule has 2 aromatic rings. The van der Waals surface area contributed by atoms with E-state index in [9.17, 15) is 4.39 Å². The van der Waals surface area contributed by atoms with Crippen molar-refractivity contribution in [2.75, 3.05) is 24.3 Å². The summed E-state index contributed by atoms with van der Waals surface area (Å²) in [6, 6.07) is 7.29. The Morgan fingerprint density at radius 1 is 1.30 bits per heavy atom. The molecule has 0 fully saturated rings. The number of hydrogen-bond donors (Lipinski definition) is 1. The summed E-state index contributed by atoms with van der Waals surface area (Å²) in [7, 11) is 4.02. The molecule has 1 aliphatic rings. The predicted molar refractivity (Wildman–Crippen MR) is 79.6 cm³/mol. The quantitative estimate of drug-likeness (QED) is 0.927. The van der Waals surface area contributed by atoms with Crippen molar-refractivity contribution in [2.45, 2.75) is 18.9 Å². The zero-order valence-electron chi connectivity index (χ0n) is 11.7. The molecule has 104 valence electrons. The van der Waals surface area contributed by atoms with Crippen molar-refractivity contribution in [1.82, 2.24) is 4.98 Å². The van der Waals surface area contributed by atoms with Crippen molar-refractivity contribution < 1.29 is 4.39 Å². The minimum atomic E-state index is -0.153. The van der Waals surface area contributed by atoms with Crippen LogP contribution < -0.4 is 10.2 Å². The lowest BCUT2D eigenvalue weighted by Crippen LogP contribution is -2.14. The fourth-order valence-corrected chi connectivity index (χ4v) is 2.81. The summed E-state index contributed by atoms with van der Waals surface area (Å²) in [6.07, 6.45) is 5.54. The second-order valence-electron chi connectivity index (χ2n) is 5.37. The number of fused-ring (bicyclic) bond motifs is 1. The molecule has 4 heteroatoms. The van der Waals surface area contributed by atoms with Crippen molar-refractivity contribution in [3.05, 3.63) is 53.6 Å². The topological polar surface area (TPSA) is 28.2 Å². The van der Waals surface area contributed by atoms with Gasteiger partial charge in [-0.25, -0.2) is 4.39 Å². The second-order valence-corrected chi connectivity index (χ2v) is 5.37. The highest BCUT2D eigenvalue weighted by atomic mass is 19.1. The van der Waals surface area contributed by atoms with Crippen molar-refractivity contribution in [2.24, 2.45) is 0 Å². The van der Waals surface area contributed by atoms with Gasteiger partial charge < -0.3 is 10.2 Å². The number of rotatable bonds is 3. The molecule has 1 atom stereocenters. The van der Waals surface area contributed by atoms with Crippen LogP contribution in [0.5, 0.6) is 0 Å². The molecule has 0 bridgehead atoms. The predicted octanol–water partition coefficient (Wildman–Crippen LogP) is 3.39. The summed E-state index contributed by atoms with van der Waals surface area (Å²) in [5, 5.41) is 3.54. The van der Waals surface area contributed by atoms with E-state index < -0.39 is 0 Å². The standard InChI is InChI=1S/C16H18FN3/c1-20(2)16-7-8-18-10-15(16)19-14-6-3-11-9-12(17)4-5-13(11)14/h4-5,7-10,14,19H,3,6H2,1-2H3. The molecule has 3 nitrogen and oxygen atoms in total. The lowest BCUT2D eigenvalue weighted by Gasteiger charge is -2.21. The molecule has 0 radical (unpaired) electrons. The average molecular weight is 271 g/mol. The van der Waals surface area contributed by atoms with Crippen LogP contribution in [0.1, 0.15) is 23.6 Å². The maximum absolute atomic E-state index is 13.2. The van der Waals surface area contributed by atoms with Crippen molar-refractivity contribution >= 4 is 11.4 Å². The first-order chi connectivity index (χ1) is 9.65. The molecule has 0 aliphatic heterocycles. The molecular formula is C16H18FN3. The third-order valence-electron chi connectivity index (χ3n) is 3.79. The number of halogens is 1. The van der Waals surface area contributed by atoms with Gasteiger partial charge in [0.1, 0.15) is 5.82 Å². The molecule has 0 amide bonds. The van der Waals surface area contributed by atoms with Crippen LogP contribution in [0.25, 0.3) is 0 Å². The van der Waals surface area contributed by atoms with E-state index in [1.807, 2.05) is 32.4 Å². The third kappa shape index (κ3) is 2.33. The molecule has 20 heavy (non-hydrogen) atoms. The summed E-state index contributed by atoms with van der Waals surface area (Å²) in [6.45, 7) is 0. The van der Waals surface area contributed by atoms with E-state index in [1.165, 1.54) is 11.6 Å². The lowest BCUT2D eigenvalue weighted by molar-refractivity contribution is 0.626. The van der Waals surface area contributed by atoms with Crippen LogP contribution in [0, 0.1) is 5.82 Å². The molecule has 1 aliphatic carbocycles. The summed E-state index contributed by atoms with van der Waals surface area (Å²) in [5.41, 5.74) is 4.42. The highest BCUT2D eigenvalue weighted by Gasteiger charge is 2.23. The van der Waals surface area contributed by atoms with Gasteiger partial charge in [0.15, 0.2) is 0 Å². The minimum Gasteiger partial charge on any atom is -0.376 e. The first-order valence-corrected chi connectivity index (χ1v) is 6.81. The second kappa shape index (κ2) is 5.12. The van der Waals surface area contributed by atoms with E-state index in [2.05, 4.69) is 15.2 Å². The van der Waals surface area contributed by atoms with Crippen LogP contribution in [-0.2, 0) is 6.42 Å². The normalized spacial score (nSPS) is 16.9. The fraction of sp³-hybridized carbons (Fsp3) is 0.312. The Morgan fingerprint density at radius 3 is 2.95 bits per heavy atom. The number of hydrogen-bond acceptors (Lipinski definition) is 3. The van der Waals surface area contributed by atoms with E-state index in [-0.39, 0.29) is 11.9 Å². The van der Waals surface area contributed by atoms with Gasteiger partial charge >= 0.3 is 0 Å². The van der Waals surface area contributed by atoms with Gasteiger partial charge in [0.25, 0.3) is 0 Å². The van der Waals surface area contributed by atoms with E-state index in [0.29, 0.717) is 0 Å². The number of aryl methyl sites for hydroxylation is 1. The van der Waals surface area contributed by atoms with Crippen LogP contribution in [0.15, 0.2) is 36.7 Å². The number of anilines is 2.